The molecule has 0 aliphatic heterocycles. The van der Waals surface area contributed by atoms with Crippen LogP contribution in [0.3, 0.4) is 0 Å². The molecule has 0 spiro atoms. The van der Waals surface area contributed by atoms with E-state index in [1.165, 1.54) is 49.6 Å². The summed E-state index contributed by atoms with van der Waals surface area (Å²) in [5.74, 6) is 0.550. The minimum atomic E-state index is -3.73. The molecule has 3 aromatic carbocycles. The standard InChI is InChI=1S/C24H25FN2O6S/c1-31-22-11-6-17(14-23(22)32-2)12-13-26-34(29,30)21-9-7-20(8-10-21)33-16-24(28)27-19-5-3-4-18(25)15-19/h3-11,14-15,26H,12-13,16H2,1-2H3,(H,27,28). The SMILES string of the molecule is COc1ccc(CCNS(=O)(=O)c2ccc(OCC(=O)Nc3cccc(F)c3)cc2)cc1OC. The highest BCUT2D eigenvalue weighted by atomic mass is 32.2. The van der Waals surface area contributed by atoms with Crippen molar-refractivity contribution in [1.82, 2.24) is 4.72 Å². The third-order valence-corrected chi connectivity index (χ3v) is 6.24. The molecule has 0 heterocycles. The fourth-order valence-electron chi connectivity index (χ4n) is 3.08. The molecule has 180 valence electrons. The highest BCUT2D eigenvalue weighted by Crippen LogP contribution is 2.27. The average molecular weight is 489 g/mol. The third-order valence-electron chi connectivity index (χ3n) is 4.77. The van der Waals surface area contributed by atoms with Gasteiger partial charge in [0.05, 0.1) is 19.1 Å². The van der Waals surface area contributed by atoms with Gasteiger partial charge in [-0.05, 0) is 66.6 Å². The Morgan fingerprint density at radius 2 is 1.68 bits per heavy atom. The Hall–Kier alpha value is -3.63. The number of hydrogen-bond acceptors (Lipinski definition) is 6. The quantitative estimate of drug-likeness (QED) is 0.429. The summed E-state index contributed by atoms with van der Waals surface area (Å²) in [5, 5.41) is 2.51. The lowest BCUT2D eigenvalue weighted by Gasteiger charge is -2.11. The van der Waals surface area contributed by atoms with Crippen molar-refractivity contribution in [1.29, 1.82) is 0 Å². The molecule has 0 radical (unpaired) electrons. The Balaban J connectivity index is 1.50. The van der Waals surface area contributed by atoms with E-state index < -0.39 is 21.7 Å². The van der Waals surface area contributed by atoms with Gasteiger partial charge in [-0.25, -0.2) is 17.5 Å². The minimum Gasteiger partial charge on any atom is -0.493 e. The van der Waals surface area contributed by atoms with E-state index in [4.69, 9.17) is 14.2 Å². The number of ether oxygens (including phenoxy) is 3. The summed E-state index contributed by atoms with van der Waals surface area (Å²) < 4.78 is 56.7. The number of methoxy groups -OCH3 is 2. The maximum Gasteiger partial charge on any atom is 0.262 e. The normalized spacial score (nSPS) is 11.0. The molecule has 0 saturated carbocycles. The van der Waals surface area contributed by atoms with Crippen LogP contribution in [0.5, 0.6) is 17.2 Å². The van der Waals surface area contributed by atoms with E-state index in [9.17, 15) is 17.6 Å². The zero-order chi connectivity index (χ0) is 24.6. The number of amides is 1. The lowest BCUT2D eigenvalue weighted by molar-refractivity contribution is -0.118. The molecule has 34 heavy (non-hydrogen) atoms. The second kappa shape index (κ2) is 11.5. The van der Waals surface area contributed by atoms with E-state index in [0.29, 0.717) is 29.4 Å². The van der Waals surface area contributed by atoms with Crippen LogP contribution in [0.15, 0.2) is 71.6 Å². The van der Waals surface area contributed by atoms with Crippen LogP contribution in [0.2, 0.25) is 0 Å². The molecule has 0 aliphatic rings. The number of halogens is 1. The smallest absolute Gasteiger partial charge is 0.262 e. The number of anilines is 1. The number of hydrogen-bond donors (Lipinski definition) is 2. The van der Waals surface area contributed by atoms with Crippen molar-refractivity contribution in [2.24, 2.45) is 0 Å². The second-order valence-electron chi connectivity index (χ2n) is 7.16. The molecule has 0 aliphatic carbocycles. The fraction of sp³-hybridized carbons (Fsp3) is 0.208. The molecule has 0 aromatic heterocycles. The van der Waals surface area contributed by atoms with Gasteiger partial charge >= 0.3 is 0 Å². The van der Waals surface area contributed by atoms with E-state index in [1.807, 2.05) is 6.07 Å². The lowest BCUT2D eigenvalue weighted by atomic mass is 10.1. The number of carbonyl (C=O) groups excluding carboxylic acids is 1. The van der Waals surface area contributed by atoms with Crippen molar-refractivity contribution in [3.8, 4) is 17.2 Å². The van der Waals surface area contributed by atoms with Gasteiger partial charge in [-0.3, -0.25) is 4.79 Å². The van der Waals surface area contributed by atoms with Gasteiger partial charge in [0.2, 0.25) is 10.0 Å². The maximum atomic E-state index is 13.2. The summed E-state index contributed by atoms with van der Waals surface area (Å²) in [5.41, 5.74) is 1.20. The summed E-state index contributed by atoms with van der Waals surface area (Å²) in [6.45, 7) is -0.123. The van der Waals surface area contributed by atoms with E-state index in [2.05, 4.69) is 10.0 Å². The first-order chi connectivity index (χ1) is 16.3. The number of nitrogens with one attached hydrogen (secondary N) is 2. The van der Waals surface area contributed by atoms with Crippen LogP contribution in [0.25, 0.3) is 0 Å². The van der Waals surface area contributed by atoms with Gasteiger partial charge < -0.3 is 19.5 Å². The minimum absolute atomic E-state index is 0.0661. The molecule has 0 saturated heterocycles. The molecule has 0 fully saturated rings. The van der Waals surface area contributed by atoms with Gasteiger partial charge in [-0.15, -0.1) is 0 Å². The zero-order valence-electron chi connectivity index (χ0n) is 18.7. The molecule has 1 amide bonds. The summed E-state index contributed by atoms with van der Waals surface area (Å²) in [6, 6.07) is 16.6. The third kappa shape index (κ3) is 6.93. The highest BCUT2D eigenvalue weighted by molar-refractivity contribution is 7.89. The van der Waals surface area contributed by atoms with E-state index in [0.717, 1.165) is 5.56 Å². The van der Waals surface area contributed by atoms with Crippen LogP contribution in [-0.2, 0) is 21.2 Å². The average Bonchev–Trinajstić information content (AvgIpc) is 2.83. The van der Waals surface area contributed by atoms with E-state index >= 15 is 0 Å². The largest absolute Gasteiger partial charge is 0.493 e. The van der Waals surface area contributed by atoms with Crippen LogP contribution < -0.4 is 24.2 Å². The molecule has 3 rings (SSSR count). The Morgan fingerprint density at radius 3 is 2.35 bits per heavy atom. The number of benzene rings is 3. The summed E-state index contributed by atoms with van der Waals surface area (Å²) in [4.78, 5) is 12.0. The van der Waals surface area contributed by atoms with Crippen molar-refractivity contribution in [3.05, 3.63) is 78.1 Å². The van der Waals surface area contributed by atoms with E-state index in [-0.39, 0.29) is 18.0 Å². The predicted molar refractivity (Wildman–Crippen MR) is 125 cm³/mol. The van der Waals surface area contributed by atoms with Gasteiger partial charge in [-0.1, -0.05) is 12.1 Å². The molecular weight excluding hydrogens is 463 g/mol. The molecular formula is C24H25FN2O6S. The summed E-state index contributed by atoms with van der Waals surface area (Å²) in [7, 11) is -0.646. The molecule has 0 bridgehead atoms. The predicted octanol–water partition coefficient (Wildman–Crippen LogP) is 3.38. The van der Waals surface area contributed by atoms with Gasteiger partial charge in [0.25, 0.3) is 5.91 Å². The molecule has 0 unspecified atom stereocenters. The highest BCUT2D eigenvalue weighted by Gasteiger charge is 2.14. The van der Waals surface area contributed by atoms with Crippen molar-refractivity contribution in [3.63, 3.8) is 0 Å². The van der Waals surface area contributed by atoms with Gasteiger partial charge in [0, 0.05) is 12.2 Å². The maximum absolute atomic E-state index is 13.2. The topological polar surface area (TPSA) is 103 Å². The van der Waals surface area contributed by atoms with Crippen molar-refractivity contribution >= 4 is 21.6 Å². The van der Waals surface area contributed by atoms with E-state index in [1.54, 1.807) is 25.3 Å². The first-order valence-corrected chi connectivity index (χ1v) is 11.8. The summed E-state index contributed by atoms with van der Waals surface area (Å²) in [6.07, 6.45) is 0.460. The number of rotatable bonds is 11. The Labute approximate surface area is 197 Å². The van der Waals surface area contributed by atoms with Crippen LogP contribution in [0.4, 0.5) is 10.1 Å². The van der Waals surface area contributed by atoms with Crippen LogP contribution in [-0.4, -0.2) is 41.7 Å². The first kappa shape index (κ1) is 25.0. The van der Waals surface area contributed by atoms with Gasteiger partial charge in [0.1, 0.15) is 11.6 Å². The second-order valence-corrected chi connectivity index (χ2v) is 8.92. The molecule has 8 nitrogen and oxygen atoms in total. The number of sulfonamides is 1. The Bertz CT molecular complexity index is 1230. The monoisotopic (exact) mass is 488 g/mol. The summed E-state index contributed by atoms with van der Waals surface area (Å²) >= 11 is 0. The van der Waals surface area contributed by atoms with Crippen LogP contribution in [0.1, 0.15) is 5.56 Å². The number of carbonyl (C=O) groups is 1. The first-order valence-electron chi connectivity index (χ1n) is 10.3. The van der Waals surface area contributed by atoms with Crippen molar-refractivity contribution in [2.45, 2.75) is 11.3 Å². The van der Waals surface area contributed by atoms with Crippen LogP contribution in [0, 0.1) is 5.82 Å². The fourth-order valence-corrected chi connectivity index (χ4v) is 4.11. The lowest BCUT2D eigenvalue weighted by Crippen LogP contribution is -2.26. The Morgan fingerprint density at radius 1 is 0.941 bits per heavy atom. The zero-order valence-corrected chi connectivity index (χ0v) is 19.5. The van der Waals surface area contributed by atoms with Gasteiger partial charge in [-0.2, -0.15) is 0 Å². The Kier molecular flexibility index (Phi) is 8.44. The van der Waals surface area contributed by atoms with Crippen molar-refractivity contribution < 1.29 is 31.8 Å². The molecule has 3 aromatic rings. The van der Waals surface area contributed by atoms with Gasteiger partial charge in [0.15, 0.2) is 18.1 Å². The van der Waals surface area contributed by atoms with Crippen LogP contribution >= 0.6 is 0 Å². The molecule has 0 atom stereocenters. The molecule has 10 heteroatoms. The van der Waals surface area contributed by atoms with Crippen molar-refractivity contribution in [2.75, 3.05) is 32.7 Å². The molecule has 2 N–H and O–H groups in total.